The van der Waals surface area contributed by atoms with Gasteiger partial charge in [-0.05, 0) is 31.0 Å². The summed E-state index contributed by atoms with van der Waals surface area (Å²) in [6.07, 6.45) is 8.32. The summed E-state index contributed by atoms with van der Waals surface area (Å²) in [7, 11) is -0.753. The lowest BCUT2D eigenvalue weighted by Gasteiger charge is -2.45. The standard InChI is InChI=1S/C22H31N4O3P/c1-22(2,3)30(19-11-13-23-14-12-19,25-15-7-5-6-8-16-25)24-20-17-18(26(27)28)9-10-21(20)29-4/h9-14,17H,5-8,15-16H2,1-4H3. The maximum absolute atomic E-state index is 11.4. The van der Waals surface area contributed by atoms with Crippen molar-refractivity contribution in [3.05, 3.63) is 52.8 Å². The van der Waals surface area contributed by atoms with Crippen LogP contribution in [0.5, 0.6) is 5.75 Å². The lowest BCUT2D eigenvalue weighted by molar-refractivity contribution is -0.384. The van der Waals surface area contributed by atoms with Crippen molar-refractivity contribution in [1.82, 2.24) is 9.65 Å². The molecule has 0 saturated carbocycles. The van der Waals surface area contributed by atoms with Gasteiger partial charge in [0.2, 0.25) is 0 Å². The number of ether oxygens (including phenoxy) is 1. The number of hydrogen-bond acceptors (Lipinski definition) is 5. The van der Waals surface area contributed by atoms with Crippen molar-refractivity contribution in [3.8, 4) is 5.75 Å². The van der Waals surface area contributed by atoms with Gasteiger partial charge in [-0.1, -0.05) is 33.6 Å². The lowest BCUT2D eigenvalue weighted by atomic mass is 10.2. The summed E-state index contributed by atoms with van der Waals surface area (Å²) in [6.45, 7) is 8.60. The molecule has 2 heterocycles. The molecule has 1 atom stereocenters. The van der Waals surface area contributed by atoms with Crippen molar-refractivity contribution in [1.29, 1.82) is 0 Å². The van der Waals surface area contributed by atoms with E-state index in [1.165, 1.54) is 18.9 Å². The first-order chi connectivity index (χ1) is 14.3. The lowest BCUT2D eigenvalue weighted by Crippen LogP contribution is -2.37. The van der Waals surface area contributed by atoms with E-state index in [-0.39, 0.29) is 15.8 Å². The second-order valence-corrected chi connectivity index (χ2v) is 12.4. The highest BCUT2D eigenvalue weighted by Gasteiger charge is 2.41. The molecule has 0 aliphatic carbocycles. The summed E-state index contributed by atoms with van der Waals surface area (Å²) in [5.41, 5.74) is 0.558. The Morgan fingerprint density at radius 3 is 2.27 bits per heavy atom. The minimum atomic E-state index is -2.33. The number of pyridine rings is 1. The first-order valence-electron chi connectivity index (χ1n) is 10.4. The number of aromatic nitrogens is 1. The second kappa shape index (κ2) is 9.27. The normalized spacial score (nSPS) is 17.6. The largest absolute Gasteiger partial charge is 0.494 e. The molecule has 1 aromatic carbocycles. The van der Waals surface area contributed by atoms with Crippen molar-refractivity contribution in [3.63, 3.8) is 0 Å². The Morgan fingerprint density at radius 1 is 1.10 bits per heavy atom. The topological polar surface area (TPSA) is 80.9 Å². The van der Waals surface area contributed by atoms with Crippen LogP contribution in [0.25, 0.3) is 0 Å². The van der Waals surface area contributed by atoms with E-state index >= 15 is 0 Å². The van der Waals surface area contributed by atoms with Crippen molar-refractivity contribution in [2.45, 2.75) is 51.6 Å². The van der Waals surface area contributed by atoms with Gasteiger partial charge < -0.3 is 4.74 Å². The third-order valence-corrected chi connectivity index (χ3v) is 10.2. The van der Waals surface area contributed by atoms with E-state index in [1.54, 1.807) is 19.2 Å². The molecule has 1 aliphatic rings. The van der Waals surface area contributed by atoms with Gasteiger partial charge in [0, 0.05) is 48.1 Å². The summed E-state index contributed by atoms with van der Waals surface area (Å²) in [4.78, 5) is 15.3. The van der Waals surface area contributed by atoms with Crippen molar-refractivity contribution in [2.75, 3.05) is 20.2 Å². The predicted octanol–water partition coefficient (Wildman–Crippen LogP) is 5.75. The monoisotopic (exact) mass is 430 g/mol. The van der Waals surface area contributed by atoms with Crippen LogP contribution in [-0.2, 0) is 0 Å². The smallest absolute Gasteiger partial charge is 0.271 e. The zero-order chi connectivity index (χ0) is 21.8. The molecule has 2 aromatic rings. The number of benzene rings is 1. The number of non-ortho nitro benzene ring substituents is 1. The Balaban J connectivity index is 2.36. The molecular weight excluding hydrogens is 399 g/mol. The highest BCUT2D eigenvalue weighted by Crippen LogP contribution is 2.65. The first kappa shape index (κ1) is 22.4. The molecule has 0 N–H and O–H groups in total. The van der Waals surface area contributed by atoms with Crippen LogP contribution in [0.3, 0.4) is 0 Å². The number of rotatable bonds is 5. The Kier molecular flexibility index (Phi) is 6.94. The van der Waals surface area contributed by atoms with Crippen molar-refractivity contribution >= 4 is 23.9 Å². The number of hydrogen-bond donors (Lipinski definition) is 0. The van der Waals surface area contributed by atoms with Gasteiger partial charge in [0.15, 0.2) is 0 Å². The SMILES string of the molecule is COc1ccc([N+](=O)[O-])cc1N=P(c1ccncc1)(N1CCCCCC1)C(C)(C)C. The molecule has 1 fully saturated rings. The fourth-order valence-electron chi connectivity index (χ4n) is 4.17. The molecule has 0 bridgehead atoms. The van der Waals surface area contributed by atoms with Gasteiger partial charge in [-0.3, -0.25) is 19.8 Å². The molecular formula is C22H31N4O3P. The number of nitro groups is 1. The van der Waals surface area contributed by atoms with Gasteiger partial charge in [-0.2, -0.15) is 0 Å². The average molecular weight is 430 g/mol. The Bertz CT molecular complexity index is 933. The van der Waals surface area contributed by atoms with E-state index in [9.17, 15) is 10.1 Å². The third-order valence-electron chi connectivity index (χ3n) is 5.58. The van der Waals surface area contributed by atoms with Crippen LogP contribution in [0.2, 0.25) is 0 Å². The highest BCUT2D eigenvalue weighted by atomic mass is 31.2. The molecule has 8 heteroatoms. The minimum absolute atomic E-state index is 0.0205. The van der Waals surface area contributed by atoms with Crippen LogP contribution in [0.15, 0.2) is 47.5 Å². The summed E-state index contributed by atoms with van der Waals surface area (Å²) < 4.78 is 13.5. The quantitative estimate of drug-likeness (QED) is 0.343. The van der Waals surface area contributed by atoms with Crippen LogP contribution in [0, 0.1) is 10.1 Å². The maximum Gasteiger partial charge on any atom is 0.271 e. The molecule has 7 nitrogen and oxygen atoms in total. The van der Waals surface area contributed by atoms with Crippen LogP contribution in [-0.4, -0.2) is 39.9 Å². The summed E-state index contributed by atoms with van der Waals surface area (Å²) in [5, 5.41) is 12.4. The zero-order valence-electron chi connectivity index (χ0n) is 18.2. The number of nitrogens with zero attached hydrogens (tertiary/aromatic N) is 4. The van der Waals surface area contributed by atoms with Gasteiger partial charge in [0.05, 0.1) is 19.2 Å². The van der Waals surface area contributed by atoms with Crippen LogP contribution in [0.4, 0.5) is 11.4 Å². The molecule has 0 amide bonds. The van der Waals surface area contributed by atoms with Gasteiger partial charge in [0.1, 0.15) is 11.4 Å². The molecule has 1 aliphatic heterocycles. The first-order valence-corrected chi connectivity index (χ1v) is 12.1. The molecule has 0 radical (unpaired) electrons. The predicted molar refractivity (Wildman–Crippen MR) is 122 cm³/mol. The average Bonchev–Trinajstić information content (AvgIpc) is 3.01. The van der Waals surface area contributed by atoms with Gasteiger partial charge in [-0.15, -0.1) is 0 Å². The number of nitro benzene ring substituents is 1. The molecule has 0 spiro atoms. The van der Waals surface area contributed by atoms with Gasteiger partial charge in [-0.25, -0.2) is 4.74 Å². The van der Waals surface area contributed by atoms with Gasteiger partial charge in [0.25, 0.3) is 5.69 Å². The maximum atomic E-state index is 11.4. The van der Waals surface area contributed by atoms with E-state index in [2.05, 4.69) is 42.6 Å². The zero-order valence-corrected chi connectivity index (χ0v) is 19.1. The summed E-state index contributed by atoms with van der Waals surface area (Å²) in [5.74, 6) is 0.554. The summed E-state index contributed by atoms with van der Waals surface area (Å²) in [6, 6.07) is 8.75. The van der Waals surface area contributed by atoms with E-state index in [4.69, 9.17) is 9.48 Å². The van der Waals surface area contributed by atoms with E-state index in [0.29, 0.717) is 11.4 Å². The number of methoxy groups -OCH3 is 1. The van der Waals surface area contributed by atoms with E-state index in [0.717, 1.165) is 31.2 Å². The molecule has 162 valence electrons. The van der Waals surface area contributed by atoms with Crippen molar-refractivity contribution in [2.24, 2.45) is 4.74 Å². The van der Waals surface area contributed by atoms with Crippen molar-refractivity contribution < 1.29 is 9.66 Å². The molecule has 1 aromatic heterocycles. The Morgan fingerprint density at radius 2 is 1.73 bits per heavy atom. The van der Waals surface area contributed by atoms with Crippen LogP contribution in [0.1, 0.15) is 46.5 Å². The van der Waals surface area contributed by atoms with Crippen LogP contribution >= 0.6 is 7.21 Å². The van der Waals surface area contributed by atoms with Crippen LogP contribution < -0.4 is 10.0 Å². The minimum Gasteiger partial charge on any atom is -0.494 e. The van der Waals surface area contributed by atoms with Gasteiger partial charge >= 0.3 is 0 Å². The Labute approximate surface area is 178 Å². The second-order valence-electron chi connectivity index (χ2n) is 8.56. The van der Waals surface area contributed by atoms with E-state index in [1.807, 2.05) is 12.4 Å². The molecule has 1 saturated heterocycles. The molecule has 1 unspecified atom stereocenters. The third kappa shape index (κ3) is 4.42. The summed E-state index contributed by atoms with van der Waals surface area (Å²) >= 11 is 0. The fourth-order valence-corrected chi connectivity index (χ4v) is 8.54. The fraction of sp³-hybridized carbons (Fsp3) is 0.500. The Hall–Kier alpha value is -2.24. The molecule has 30 heavy (non-hydrogen) atoms. The van der Waals surface area contributed by atoms with E-state index < -0.39 is 7.21 Å². The highest BCUT2D eigenvalue weighted by molar-refractivity contribution is 7.73. The molecule has 3 rings (SSSR count).